The van der Waals surface area contributed by atoms with Crippen LogP contribution in [0.1, 0.15) is 26.3 Å². The summed E-state index contributed by atoms with van der Waals surface area (Å²) in [5.41, 5.74) is 1.14. The van der Waals surface area contributed by atoms with Crippen LogP contribution in [-0.2, 0) is 10.9 Å². The molecule has 0 N–H and O–H groups in total. The topological polar surface area (TPSA) is 26.3 Å². The number of carbonyl (C=O) groups excluding carboxylic acids is 1. The molecule has 0 saturated carbocycles. The summed E-state index contributed by atoms with van der Waals surface area (Å²) in [6.45, 7) is 6.29. The quantitative estimate of drug-likeness (QED) is 0.736. The zero-order valence-electron chi connectivity index (χ0n) is 10.4. The van der Waals surface area contributed by atoms with Crippen LogP contribution in [0.3, 0.4) is 0 Å². The zero-order chi connectivity index (χ0) is 12.2. The Morgan fingerprint density at radius 3 is 2.25 bits per heavy atom. The second-order valence-corrected chi connectivity index (χ2v) is 7.59. The Morgan fingerprint density at radius 1 is 1.25 bits per heavy atom. The molecule has 1 unspecified atom stereocenters. The van der Waals surface area contributed by atoms with E-state index in [1.165, 1.54) is 12.7 Å². The van der Waals surface area contributed by atoms with Crippen molar-refractivity contribution in [2.45, 2.75) is 32.1 Å². The van der Waals surface area contributed by atoms with Gasteiger partial charge in [-0.1, -0.05) is 51.1 Å². The molecule has 88 valence electrons. The molecule has 0 heterocycles. The van der Waals surface area contributed by atoms with Crippen LogP contribution in [0.4, 0.5) is 4.79 Å². The van der Waals surface area contributed by atoms with Crippen molar-refractivity contribution in [2.75, 3.05) is 7.11 Å². The van der Waals surface area contributed by atoms with Gasteiger partial charge in [-0.15, -0.1) is 0 Å². The summed E-state index contributed by atoms with van der Waals surface area (Å²) < 4.78 is 4.90. The number of hydrogen-bond donors (Lipinski definition) is 0. The highest BCUT2D eigenvalue weighted by Gasteiger charge is 2.31. The fraction of sp³-hybridized carbons (Fsp3) is 0.462. The summed E-state index contributed by atoms with van der Waals surface area (Å²) in [5.74, 6) is 0. The maximum absolute atomic E-state index is 11.8. The molecule has 0 bridgehead atoms. The lowest BCUT2D eigenvalue weighted by atomic mass is 10.2. The van der Waals surface area contributed by atoms with E-state index in [1.807, 2.05) is 18.2 Å². The highest BCUT2D eigenvalue weighted by molar-refractivity contribution is 7.74. The summed E-state index contributed by atoms with van der Waals surface area (Å²) in [5, 5.41) is -0.0156. The maximum atomic E-state index is 11.8. The number of ether oxygens (including phenoxy) is 1. The Labute approximate surface area is 98.8 Å². The molecule has 0 spiro atoms. The van der Waals surface area contributed by atoms with Crippen molar-refractivity contribution in [1.82, 2.24) is 0 Å². The van der Waals surface area contributed by atoms with E-state index < -0.39 is 7.92 Å². The van der Waals surface area contributed by atoms with Crippen LogP contribution in [0.5, 0.6) is 0 Å². The number of hydrogen-bond acceptors (Lipinski definition) is 2. The second-order valence-electron chi connectivity index (χ2n) is 4.71. The average Bonchev–Trinajstić information content (AvgIpc) is 2.25. The molecule has 0 aliphatic rings. The van der Waals surface area contributed by atoms with Gasteiger partial charge in [0.1, 0.15) is 0 Å². The first-order valence-electron chi connectivity index (χ1n) is 5.34. The molecule has 2 nitrogen and oxygen atoms in total. The minimum absolute atomic E-state index is 0.0156. The first-order valence-corrected chi connectivity index (χ1v) is 6.87. The van der Waals surface area contributed by atoms with Gasteiger partial charge in [0.2, 0.25) is 0 Å². The normalized spacial score (nSPS) is 13.2. The minimum atomic E-state index is -0.800. The van der Waals surface area contributed by atoms with Gasteiger partial charge >= 0.3 is 5.71 Å². The molecule has 3 heteroatoms. The summed E-state index contributed by atoms with van der Waals surface area (Å²) >= 11 is 0. The molecule has 1 aromatic carbocycles. The molecule has 1 aromatic rings. The Balaban J connectivity index is 2.84. The van der Waals surface area contributed by atoms with Crippen molar-refractivity contribution in [3.05, 3.63) is 35.9 Å². The van der Waals surface area contributed by atoms with Gasteiger partial charge in [-0.2, -0.15) is 0 Å². The average molecular weight is 238 g/mol. The van der Waals surface area contributed by atoms with Crippen molar-refractivity contribution >= 4 is 13.6 Å². The third-order valence-electron chi connectivity index (χ3n) is 2.39. The molecule has 16 heavy (non-hydrogen) atoms. The van der Waals surface area contributed by atoms with Gasteiger partial charge in [-0.3, -0.25) is 0 Å². The smallest absolute Gasteiger partial charge is 0.326 e. The van der Waals surface area contributed by atoms with E-state index in [4.69, 9.17) is 4.74 Å². The van der Waals surface area contributed by atoms with Crippen LogP contribution in [0.15, 0.2) is 30.3 Å². The highest BCUT2D eigenvalue weighted by Crippen LogP contribution is 2.53. The third kappa shape index (κ3) is 3.61. The second kappa shape index (κ2) is 5.45. The summed E-state index contributed by atoms with van der Waals surface area (Å²) in [6.07, 6.45) is 0.798. The van der Waals surface area contributed by atoms with Crippen molar-refractivity contribution in [3.8, 4) is 0 Å². The fourth-order valence-electron chi connectivity index (χ4n) is 1.45. The van der Waals surface area contributed by atoms with E-state index in [2.05, 4.69) is 32.9 Å². The first kappa shape index (κ1) is 13.2. The van der Waals surface area contributed by atoms with E-state index in [-0.39, 0.29) is 10.9 Å². The summed E-state index contributed by atoms with van der Waals surface area (Å²) in [6, 6.07) is 10.1. The molecule has 0 amide bonds. The van der Waals surface area contributed by atoms with Crippen molar-refractivity contribution in [3.63, 3.8) is 0 Å². The summed E-state index contributed by atoms with van der Waals surface area (Å²) in [7, 11) is 0.666. The summed E-state index contributed by atoms with van der Waals surface area (Å²) in [4.78, 5) is 11.8. The molecule has 0 fully saturated rings. The molecule has 0 aliphatic carbocycles. The molecule has 1 atom stereocenters. The number of rotatable bonds is 3. The maximum Gasteiger partial charge on any atom is 0.326 e. The van der Waals surface area contributed by atoms with Crippen molar-refractivity contribution in [1.29, 1.82) is 0 Å². The molecule has 0 aliphatic heterocycles. The molecular weight excluding hydrogens is 219 g/mol. The molecular formula is C13H19O2P. The third-order valence-corrected chi connectivity index (χ3v) is 5.31. The standard InChI is InChI=1S/C13H19O2P/c1-13(2,3)16(12(14)15-4)10-11-8-6-5-7-9-11/h5-9H,10H2,1-4H3. The number of carbonyl (C=O) groups is 1. The van der Waals surface area contributed by atoms with Crippen LogP contribution < -0.4 is 0 Å². The van der Waals surface area contributed by atoms with Gasteiger partial charge in [0.15, 0.2) is 0 Å². The lowest BCUT2D eigenvalue weighted by Gasteiger charge is -2.28. The molecule has 0 aromatic heterocycles. The van der Waals surface area contributed by atoms with Crippen LogP contribution in [0.2, 0.25) is 0 Å². The Hall–Kier alpha value is -0.880. The van der Waals surface area contributed by atoms with Crippen LogP contribution in [0, 0.1) is 0 Å². The van der Waals surface area contributed by atoms with Gasteiger partial charge in [0, 0.05) is 14.1 Å². The van der Waals surface area contributed by atoms with E-state index in [0.717, 1.165) is 6.16 Å². The lowest BCUT2D eigenvalue weighted by molar-refractivity contribution is 0.198. The van der Waals surface area contributed by atoms with Crippen LogP contribution in [0.25, 0.3) is 0 Å². The van der Waals surface area contributed by atoms with Gasteiger partial charge < -0.3 is 4.74 Å². The van der Waals surface area contributed by atoms with E-state index in [1.54, 1.807) is 0 Å². The van der Waals surface area contributed by atoms with Gasteiger partial charge in [-0.25, -0.2) is 4.79 Å². The lowest BCUT2D eigenvalue weighted by Crippen LogP contribution is -2.18. The van der Waals surface area contributed by atoms with Gasteiger partial charge in [-0.05, 0) is 10.7 Å². The monoisotopic (exact) mass is 238 g/mol. The molecule has 1 rings (SSSR count). The minimum Gasteiger partial charge on any atom is -0.466 e. The van der Waals surface area contributed by atoms with E-state index >= 15 is 0 Å². The first-order chi connectivity index (χ1) is 7.45. The van der Waals surface area contributed by atoms with Crippen molar-refractivity contribution < 1.29 is 9.53 Å². The van der Waals surface area contributed by atoms with E-state index in [9.17, 15) is 4.79 Å². The number of methoxy groups -OCH3 is 1. The predicted molar refractivity (Wildman–Crippen MR) is 69.2 cm³/mol. The van der Waals surface area contributed by atoms with Crippen LogP contribution >= 0.6 is 7.92 Å². The Bertz CT molecular complexity index is 341. The van der Waals surface area contributed by atoms with Gasteiger partial charge in [0.05, 0.1) is 7.11 Å². The SMILES string of the molecule is COC(=O)P(Cc1ccccc1)C(C)(C)C. The Kier molecular flexibility index (Phi) is 4.49. The zero-order valence-corrected chi connectivity index (χ0v) is 11.3. The largest absolute Gasteiger partial charge is 0.466 e. The van der Waals surface area contributed by atoms with E-state index in [0.29, 0.717) is 0 Å². The Morgan fingerprint density at radius 2 is 1.81 bits per heavy atom. The number of benzene rings is 1. The fourth-order valence-corrected chi connectivity index (χ4v) is 3.40. The van der Waals surface area contributed by atoms with Crippen molar-refractivity contribution in [2.24, 2.45) is 0 Å². The van der Waals surface area contributed by atoms with Gasteiger partial charge in [0.25, 0.3) is 0 Å². The molecule has 0 saturated heterocycles. The predicted octanol–water partition coefficient (Wildman–Crippen LogP) is 4.23. The van der Waals surface area contributed by atoms with Crippen LogP contribution in [-0.4, -0.2) is 18.0 Å². The highest BCUT2D eigenvalue weighted by atomic mass is 31.1. The molecule has 0 radical (unpaired) electrons.